The summed E-state index contributed by atoms with van der Waals surface area (Å²) in [5.74, 6) is 0.349. The normalized spacial score (nSPS) is 10.9. The van der Waals surface area contributed by atoms with Gasteiger partial charge in [0.2, 0.25) is 5.82 Å². The molecule has 0 atom stereocenters. The van der Waals surface area contributed by atoms with E-state index < -0.39 is 0 Å². The molecule has 10 nitrogen and oxygen atoms in total. The van der Waals surface area contributed by atoms with Crippen molar-refractivity contribution in [2.24, 2.45) is 10.3 Å². The summed E-state index contributed by atoms with van der Waals surface area (Å²) in [5, 5.41) is 29.4. The Hall–Kier alpha value is -2.97. The maximum absolute atomic E-state index is 9.16. The minimum absolute atomic E-state index is 0.0810. The van der Waals surface area contributed by atoms with E-state index >= 15 is 0 Å². The fraction of sp³-hybridized carbons (Fsp3) is 0.250. The van der Waals surface area contributed by atoms with Gasteiger partial charge in [-0.15, -0.1) is 0 Å². The van der Waals surface area contributed by atoms with Gasteiger partial charge >= 0.3 is 0 Å². The highest BCUT2D eigenvalue weighted by molar-refractivity contribution is 6.30. The van der Waals surface area contributed by atoms with E-state index in [1.165, 1.54) is 0 Å². The third kappa shape index (κ3) is 4.77. The lowest BCUT2D eigenvalue weighted by atomic mass is 10.2. The second-order valence-corrected chi connectivity index (χ2v) is 4.71. The summed E-state index contributed by atoms with van der Waals surface area (Å²) < 4.78 is 4.64. The van der Waals surface area contributed by atoms with Gasteiger partial charge in [0.1, 0.15) is 0 Å². The molecule has 1 aromatic heterocycles. The monoisotopic (exact) mass is 336 g/mol. The van der Waals surface area contributed by atoms with Crippen LogP contribution in [-0.2, 0) is 6.54 Å². The molecule has 2 aromatic rings. The van der Waals surface area contributed by atoms with Crippen molar-refractivity contribution in [2.75, 3.05) is 18.4 Å². The van der Waals surface area contributed by atoms with Gasteiger partial charge in [-0.2, -0.15) is 0 Å². The third-order valence-corrected chi connectivity index (χ3v) is 2.96. The van der Waals surface area contributed by atoms with Gasteiger partial charge in [0.25, 0.3) is 0 Å². The number of anilines is 1. The van der Waals surface area contributed by atoms with Crippen molar-refractivity contribution < 1.29 is 9.84 Å². The number of nitrogens with one attached hydrogen (secondary N) is 2. The van der Waals surface area contributed by atoms with Crippen molar-refractivity contribution in [2.45, 2.75) is 6.54 Å². The number of hydrogen-bond acceptors (Lipinski definition) is 7. The summed E-state index contributed by atoms with van der Waals surface area (Å²) >= 11 is 5.91. The fourth-order valence-corrected chi connectivity index (χ4v) is 1.94. The summed E-state index contributed by atoms with van der Waals surface area (Å²) in [6, 6.07) is 7.23. The van der Waals surface area contributed by atoms with Crippen LogP contribution in [0, 0.1) is 0 Å². The highest BCUT2D eigenvalue weighted by Crippen LogP contribution is 2.12. The van der Waals surface area contributed by atoms with E-state index in [0.29, 0.717) is 18.1 Å². The van der Waals surface area contributed by atoms with Crippen LogP contribution in [0.5, 0.6) is 0 Å². The molecule has 0 spiro atoms. The molecule has 0 saturated heterocycles. The van der Waals surface area contributed by atoms with Gasteiger partial charge in [-0.05, 0) is 33.5 Å². The molecule has 0 unspecified atom stereocenters. The number of oxime groups is 1. The Morgan fingerprint density at radius 1 is 1.43 bits per heavy atom. The minimum atomic E-state index is 0.0810. The highest BCUT2D eigenvalue weighted by atomic mass is 35.5. The van der Waals surface area contributed by atoms with Crippen LogP contribution < -0.4 is 10.6 Å². The van der Waals surface area contributed by atoms with Crippen LogP contribution in [0.4, 0.5) is 5.82 Å². The Morgan fingerprint density at radius 3 is 3.04 bits per heavy atom. The smallest absolute Gasteiger partial charge is 0.202 e. The molecule has 120 valence electrons. The lowest BCUT2D eigenvalue weighted by Crippen LogP contribution is -2.25. The van der Waals surface area contributed by atoms with Crippen LogP contribution in [0.1, 0.15) is 11.3 Å². The summed E-state index contributed by atoms with van der Waals surface area (Å²) in [6.45, 7) is 0.924. The van der Waals surface area contributed by atoms with Crippen molar-refractivity contribution in [1.29, 1.82) is 0 Å². The fourth-order valence-electron chi connectivity index (χ4n) is 1.73. The molecule has 0 aliphatic carbocycles. The molecule has 0 radical (unpaired) electrons. The molecule has 1 heterocycles. The van der Waals surface area contributed by atoms with E-state index in [4.69, 9.17) is 22.3 Å². The van der Waals surface area contributed by atoms with Gasteiger partial charge in [-0.25, -0.2) is 4.63 Å². The average Bonchev–Trinajstić information content (AvgIpc) is 3.01. The van der Waals surface area contributed by atoms with Crippen LogP contribution in [0.3, 0.4) is 0 Å². The lowest BCUT2D eigenvalue weighted by Gasteiger charge is -2.07. The largest absolute Gasteiger partial charge is 0.409 e. The molecule has 0 amide bonds. The molecule has 0 aliphatic heterocycles. The molecular formula is C12H13ClN8O2. The second-order valence-electron chi connectivity index (χ2n) is 4.27. The Labute approximate surface area is 135 Å². The number of halogens is 1. The maximum atomic E-state index is 9.16. The molecule has 2 rings (SSSR count). The highest BCUT2D eigenvalue weighted by Gasteiger charge is 2.16. The van der Waals surface area contributed by atoms with Crippen molar-refractivity contribution in [3.63, 3.8) is 0 Å². The maximum Gasteiger partial charge on any atom is 0.202 e. The Bertz CT molecular complexity index is 725. The summed E-state index contributed by atoms with van der Waals surface area (Å²) in [7, 11) is 0. The second kappa shape index (κ2) is 8.47. The summed E-state index contributed by atoms with van der Waals surface area (Å²) in [5.41, 5.74) is 9.31. The van der Waals surface area contributed by atoms with Crippen LogP contribution in [0.15, 0.2) is 39.2 Å². The lowest BCUT2D eigenvalue weighted by molar-refractivity contribution is 0.303. The van der Waals surface area contributed by atoms with Crippen molar-refractivity contribution in [3.05, 3.63) is 51.0 Å². The molecule has 0 aliphatic rings. The molecule has 0 fully saturated rings. The Kier molecular flexibility index (Phi) is 6.04. The molecule has 0 bridgehead atoms. The van der Waals surface area contributed by atoms with E-state index in [1.807, 2.05) is 12.1 Å². The van der Waals surface area contributed by atoms with Gasteiger partial charge < -0.3 is 15.8 Å². The number of rotatable bonds is 7. The standard InChI is InChI=1S/C12H13ClN8O2/c13-9-3-1-2-8(6-9)7-16-11(18-22)10-12(20-23-19-10)15-4-5-17-21-14/h1-3,6,22H,4-5,7H2,(H,15,20)(H,16,18). The number of benzene rings is 1. The van der Waals surface area contributed by atoms with E-state index in [1.54, 1.807) is 12.1 Å². The Balaban J connectivity index is 2.01. The molecule has 1 aromatic carbocycles. The van der Waals surface area contributed by atoms with Gasteiger partial charge in [0.15, 0.2) is 11.5 Å². The molecule has 23 heavy (non-hydrogen) atoms. The number of nitrogens with zero attached hydrogens (tertiary/aromatic N) is 6. The SMILES string of the molecule is [N-]=[N+]=NCCNc1nonc1/C(=N/O)NCc1cccc(Cl)c1. The van der Waals surface area contributed by atoms with Crippen molar-refractivity contribution >= 4 is 23.3 Å². The quantitative estimate of drug-likeness (QED) is 0.103. The van der Waals surface area contributed by atoms with Crippen LogP contribution in [-0.4, -0.2) is 34.4 Å². The van der Waals surface area contributed by atoms with Crippen LogP contribution in [0.2, 0.25) is 5.02 Å². The van der Waals surface area contributed by atoms with E-state index in [0.717, 1.165) is 5.56 Å². The average molecular weight is 337 g/mol. The first-order chi connectivity index (χ1) is 11.2. The Morgan fingerprint density at radius 2 is 2.30 bits per heavy atom. The molecule has 0 saturated carbocycles. The van der Waals surface area contributed by atoms with Gasteiger partial charge in [-0.3, -0.25) is 0 Å². The van der Waals surface area contributed by atoms with E-state index in [9.17, 15) is 0 Å². The molecule has 3 N–H and O–H groups in total. The van der Waals surface area contributed by atoms with Crippen molar-refractivity contribution in [1.82, 2.24) is 15.6 Å². The summed E-state index contributed by atoms with van der Waals surface area (Å²) in [4.78, 5) is 2.64. The van der Waals surface area contributed by atoms with E-state index in [2.05, 4.69) is 40.8 Å². The zero-order chi connectivity index (χ0) is 16.5. The van der Waals surface area contributed by atoms with Crippen molar-refractivity contribution in [3.8, 4) is 0 Å². The van der Waals surface area contributed by atoms with Gasteiger partial charge in [0.05, 0.1) is 0 Å². The van der Waals surface area contributed by atoms with E-state index in [-0.39, 0.29) is 23.9 Å². The first-order valence-corrected chi connectivity index (χ1v) is 6.90. The topological polar surface area (TPSA) is 144 Å². The zero-order valence-electron chi connectivity index (χ0n) is 11.8. The van der Waals surface area contributed by atoms with Crippen LogP contribution in [0.25, 0.3) is 10.4 Å². The first kappa shape index (κ1) is 16.4. The van der Waals surface area contributed by atoms with Gasteiger partial charge in [-0.1, -0.05) is 34.0 Å². The number of azide groups is 1. The third-order valence-electron chi connectivity index (χ3n) is 2.73. The predicted molar refractivity (Wildman–Crippen MR) is 83.4 cm³/mol. The molecule has 11 heteroatoms. The number of hydrogen-bond donors (Lipinski definition) is 3. The number of aromatic nitrogens is 2. The predicted octanol–water partition coefficient (Wildman–Crippen LogP) is 2.37. The molecular weight excluding hydrogens is 324 g/mol. The van der Waals surface area contributed by atoms with Gasteiger partial charge in [0, 0.05) is 29.6 Å². The minimum Gasteiger partial charge on any atom is -0.409 e. The van der Waals surface area contributed by atoms with Crippen LogP contribution >= 0.6 is 11.6 Å². The number of amidine groups is 1. The first-order valence-electron chi connectivity index (χ1n) is 6.52. The summed E-state index contributed by atoms with van der Waals surface area (Å²) in [6.07, 6.45) is 0. The zero-order valence-corrected chi connectivity index (χ0v) is 12.6.